The van der Waals surface area contributed by atoms with Gasteiger partial charge < -0.3 is 10.1 Å². The first-order valence-electron chi connectivity index (χ1n) is 8.19. The molecule has 1 N–H and O–H groups in total. The van der Waals surface area contributed by atoms with Crippen LogP contribution in [0, 0.1) is 6.92 Å². The summed E-state index contributed by atoms with van der Waals surface area (Å²) < 4.78 is 5.24. The molecular weight excluding hydrogens is 262 g/mol. The smallest absolute Gasteiger partial charge is 0.307 e. The lowest BCUT2D eigenvalue weighted by Gasteiger charge is -2.09. The molecule has 0 atom stereocenters. The number of unbranched alkanes of at least 4 members (excludes halogenated alkanes) is 5. The van der Waals surface area contributed by atoms with Crippen LogP contribution in [-0.2, 0) is 9.53 Å². The number of esters is 1. The third-order valence-electron chi connectivity index (χ3n) is 3.55. The molecule has 0 aliphatic rings. The van der Waals surface area contributed by atoms with Crippen LogP contribution in [0.2, 0.25) is 0 Å². The van der Waals surface area contributed by atoms with E-state index in [1.807, 2.05) is 18.2 Å². The van der Waals surface area contributed by atoms with Crippen molar-refractivity contribution < 1.29 is 9.53 Å². The van der Waals surface area contributed by atoms with Crippen molar-refractivity contribution in [1.82, 2.24) is 0 Å². The normalized spacial score (nSPS) is 10.4. The lowest BCUT2D eigenvalue weighted by Crippen LogP contribution is -2.12. The lowest BCUT2D eigenvalue weighted by atomic mass is 10.1. The number of ether oxygens (including phenoxy) is 1. The van der Waals surface area contributed by atoms with E-state index in [1.54, 1.807) is 0 Å². The predicted molar refractivity (Wildman–Crippen MR) is 88.6 cm³/mol. The predicted octanol–water partition coefficient (Wildman–Crippen LogP) is 4.70. The molecule has 0 saturated heterocycles. The number of nitrogens with one attached hydrogen (secondary N) is 1. The topological polar surface area (TPSA) is 38.3 Å². The summed E-state index contributed by atoms with van der Waals surface area (Å²) in [6.45, 7) is 5.46. The van der Waals surface area contributed by atoms with Crippen molar-refractivity contribution in [2.75, 3.05) is 18.5 Å². The molecule has 0 fully saturated rings. The fourth-order valence-electron chi connectivity index (χ4n) is 2.21. The maximum Gasteiger partial charge on any atom is 0.307 e. The molecule has 3 nitrogen and oxygen atoms in total. The number of rotatable bonds is 11. The number of hydrogen-bond donors (Lipinski definition) is 1. The molecule has 21 heavy (non-hydrogen) atoms. The minimum absolute atomic E-state index is 0.107. The molecule has 0 radical (unpaired) electrons. The average Bonchev–Trinajstić information content (AvgIpc) is 2.48. The highest BCUT2D eigenvalue weighted by Gasteiger charge is 2.03. The second-order valence-electron chi connectivity index (χ2n) is 5.48. The van der Waals surface area contributed by atoms with Gasteiger partial charge in [-0.2, -0.15) is 0 Å². The highest BCUT2D eigenvalue weighted by Crippen LogP contribution is 2.12. The molecule has 0 amide bonds. The Labute approximate surface area is 129 Å². The van der Waals surface area contributed by atoms with Crippen molar-refractivity contribution in [3.05, 3.63) is 29.8 Å². The highest BCUT2D eigenvalue weighted by molar-refractivity contribution is 5.70. The van der Waals surface area contributed by atoms with Crippen LogP contribution < -0.4 is 5.32 Å². The van der Waals surface area contributed by atoms with Crippen molar-refractivity contribution in [2.45, 2.75) is 58.8 Å². The Morgan fingerprint density at radius 1 is 1.10 bits per heavy atom. The maximum absolute atomic E-state index is 11.6. The van der Waals surface area contributed by atoms with Crippen LogP contribution in [0.4, 0.5) is 5.69 Å². The van der Waals surface area contributed by atoms with Crippen LogP contribution in [-0.4, -0.2) is 19.1 Å². The second-order valence-corrected chi connectivity index (χ2v) is 5.48. The van der Waals surface area contributed by atoms with Gasteiger partial charge in [-0.1, -0.05) is 57.2 Å². The van der Waals surface area contributed by atoms with Gasteiger partial charge in [-0.05, 0) is 25.0 Å². The molecule has 0 bridgehead atoms. The van der Waals surface area contributed by atoms with E-state index in [-0.39, 0.29) is 5.97 Å². The summed E-state index contributed by atoms with van der Waals surface area (Å²) in [4.78, 5) is 11.6. The molecule has 0 saturated carbocycles. The Morgan fingerprint density at radius 3 is 2.57 bits per heavy atom. The zero-order valence-electron chi connectivity index (χ0n) is 13.5. The molecule has 1 aromatic carbocycles. The number of anilines is 1. The first-order valence-corrected chi connectivity index (χ1v) is 8.19. The summed E-state index contributed by atoms with van der Waals surface area (Å²) in [6.07, 6.45) is 7.69. The Kier molecular flexibility index (Phi) is 9.34. The number of hydrogen-bond acceptors (Lipinski definition) is 3. The molecule has 0 heterocycles. The van der Waals surface area contributed by atoms with Gasteiger partial charge in [-0.15, -0.1) is 0 Å². The van der Waals surface area contributed by atoms with Gasteiger partial charge in [0.25, 0.3) is 0 Å². The molecule has 0 unspecified atom stereocenters. The standard InChI is InChI=1S/C18H29NO2/c1-3-4-5-6-7-10-15-21-18(20)13-14-19-17-12-9-8-11-16(17)2/h8-9,11-12,19H,3-7,10,13-15H2,1-2H3. The van der Waals surface area contributed by atoms with E-state index in [4.69, 9.17) is 4.74 Å². The molecule has 118 valence electrons. The van der Waals surface area contributed by atoms with Crippen LogP contribution in [0.25, 0.3) is 0 Å². The van der Waals surface area contributed by atoms with Gasteiger partial charge in [0.2, 0.25) is 0 Å². The molecule has 0 aromatic heterocycles. The summed E-state index contributed by atoms with van der Waals surface area (Å²) in [5.41, 5.74) is 2.28. The SMILES string of the molecule is CCCCCCCCOC(=O)CCNc1ccccc1C. The molecule has 1 rings (SSSR count). The highest BCUT2D eigenvalue weighted by atomic mass is 16.5. The molecule has 1 aromatic rings. The molecule has 0 aliphatic heterocycles. The Bertz CT molecular complexity index is 404. The fraction of sp³-hybridized carbons (Fsp3) is 0.611. The fourth-order valence-corrected chi connectivity index (χ4v) is 2.21. The number of carbonyl (C=O) groups is 1. The summed E-state index contributed by atoms with van der Waals surface area (Å²) in [5, 5.41) is 3.27. The van der Waals surface area contributed by atoms with E-state index in [1.165, 1.54) is 31.2 Å². The molecular formula is C18H29NO2. The van der Waals surface area contributed by atoms with E-state index < -0.39 is 0 Å². The Balaban J connectivity index is 2.00. The monoisotopic (exact) mass is 291 g/mol. The van der Waals surface area contributed by atoms with Crippen LogP contribution in [0.15, 0.2) is 24.3 Å². The van der Waals surface area contributed by atoms with Crippen molar-refractivity contribution in [3.8, 4) is 0 Å². The second kappa shape index (κ2) is 11.2. The van der Waals surface area contributed by atoms with E-state index >= 15 is 0 Å². The van der Waals surface area contributed by atoms with Crippen LogP contribution >= 0.6 is 0 Å². The number of aryl methyl sites for hydroxylation is 1. The summed E-state index contributed by atoms with van der Waals surface area (Å²) in [6, 6.07) is 8.08. The van der Waals surface area contributed by atoms with E-state index in [0.717, 1.165) is 18.5 Å². The van der Waals surface area contributed by atoms with E-state index in [2.05, 4.69) is 25.2 Å². The number of para-hydroxylation sites is 1. The molecule has 0 aliphatic carbocycles. The van der Waals surface area contributed by atoms with Gasteiger partial charge in [0.05, 0.1) is 13.0 Å². The minimum atomic E-state index is -0.107. The zero-order chi connectivity index (χ0) is 15.3. The summed E-state index contributed by atoms with van der Waals surface area (Å²) in [5.74, 6) is -0.107. The third-order valence-corrected chi connectivity index (χ3v) is 3.55. The van der Waals surface area contributed by atoms with Crippen molar-refractivity contribution in [3.63, 3.8) is 0 Å². The average molecular weight is 291 g/mol. The number of benzene rings is 1. The van der Waals surface area contributed by atoms with Gasteiger partial charge >= 0.3 is 5.97 Å². The van der Waals surface area contributed by atoms with Gasteiger partial charge in [0.1, 0.15) is 0 Å². The zero-order valence-corrected chi connectivity index (χ0v) is 13.5. The molecule has 0 spiro atoms. The largest absolute Gasteiger partial charge is 0.466 e. The van der Waals surface area contributed by atoms with Crippen molar-refractivity contribution >= 4 is 11.7 Å². The van der Waals surface area contributed by atoms with E-state index in [0.29, 0.717) is 19.6 Å². The Hall–Kier alpha value is -1.51. The van der Waals surface area contributed by atoms with Gasteiger partial charge in [0, 0.05) is 12.2 Å². The lowest BCUT2D eigenvalue weighted by molar-refractivity contribution is -0.143. The summed E-state index contributed by atoms with van der Waals surface area (Å²) in [7, 11) is 0. The van der Waals surface area contributed by atoms with Crippen molar-refractivity contribution in [2.24, 2.45) is 0 Å². The molecule has 3 heteroatoms. The minimum Gasteiger partial charge on any atom is -0.466 e. The quantitative estimate of drug-likeness (QED) is 0.474. The van der Waals surface area contributed by atoms with Gasteiger partial charge in [-0.3, -0.25) is 4.79 Å². The van der Waals surface area contributed by atoms with E-state index in [9.17, 15) is 4.79 Å². The number of carbonyl (C=O) groups excluding carboxylic acids is 1. The van der Waals surface area contributed by atoms with Crippen LogP contribution in [0.5, 0.6) is 0 Å². The van der Waals surface area contributed by atoms with Gasteiger partial charge in [0.15, 0.2) is 0 Å². The first-order chi connectivity index (χ1) is 10.2. The Morgan fingerprint density at radius 2 is 1.81 bits per heavy atom. The van der Waals surface area contributed by atoms with Crippen LogP contribution in [0.1, 0.15) is 57.4 Å². The van der Waals surface area contributed by atoms with Gasteiger partial charge in [-0.25, -0.2) is 0 Å². The first kappa shape index (κ1) is 17.5. The maximum atomic E-state index is 11.6. The van der Waals surface area contributed by atoms with Crippen molar-refractivity contribution in [1.29, 1.82) is 0 Å². The van der Waals surface area contributed by atoms with Crippen LogP contribution in [0.3, 0.4) is 0 Å². The third kappa shape index (κ3) is 8.38. The summed E-state index contributed by atoms with van der Waals surface area (Å²) >= 11 is 0.